The Balaban J connectivity index is 1.10. The first-order valence-corrected chi connectivity index (χ1v) is 19.7. The monoisotopic (exact) mass is 743 g/mol. The summed E-state index contributed by atoms with van der Waals surface area (Å²) < 4.78 is 6.80. The highest BCUT2D eigenvalue weighted by Gasteiger charge is 2.51. The second-order valence-corrected chi connectivity index (χ2v) is 15.3. The van der Waals surface area contributed by atoms with Crippen molar-refractivity contribution < 1.29 is 4.74 Å². The number of nitrogens with zero attached hydrogens (tertiary/aromatic N) is 3. The lowest BCUT2D eigenvalue weighted by Crippen LogP contribution is -2.32. The first-order valence-electron chi connectivity index (χ1n) is 19.7. The van der Waals surface area contributed by atoms with Crippen LogP contribution in [-0.2, 0) is 5.41 Å². The van der Waals surface area contributed by atoms with Crippen LogP contribution in [0.5, 0.6) is 11.5 Å². The van der Waals surface area contributed by atoms with Gasteiger partial charge in [-0.2, -0.15) is 0 Å². The smallest absolute Gasteiger partial charge is 0.132 e. The van der Waals surface area contributed by atoms with Gasteiger partial charge < -0.3 is 4.74 Å². The number of fused-ring (bicyclic) bond motifs is 9. The fraction of sp³-hybridized carbons (Fsp3) is 0.0556. The fourth-order valence-electron chi connectivity index (χ4n) is 9.20. The lowest BCUT2D eigenvalue weighted by Gasteiger charge is -2.39. The molecule has 1 aliphatic carbocycles. The van der Waals surface area contributed by atoms with Crippen molar-refractivity contribution in [1.82, 2.24) is 15.0 Å². The van der Waals surface area contributed by atoms with Crippen LogP contribution in [0.15, 0.2) is 188 Å². The molecule has 0 bridgehead atoms. The van der Waals surface area contributed by atoms with Crippen LogP contribution in [0.1, 0.15) is 33.8 Å². The number of para-hydroxylation sites is 1. The maximum Gasteiger partial charge on any atom is 0.132 e. The normalized spacial score (nSPS) is 14.6. The van der Waals surface area contributed by atoms with Gasteiger partial charge in [0, 0.05) is 34.1 Å². The minimum absolute atomic E-state index is 0.642. The molecular weight excluding hydrogens is 707 g/mol. The van der Waals surface area contributed by atoms with E-state index in [-0.39, 0.29) is 0 Å². The predicted octanol–water partition coefficient (Wildman–Crippen LogP) is 13.3. The number of aryl methyl sites for hydroxylation is 2. The van der Waals surface area contributed by atoms with Gasteiger partial charge in [0.2, 0.25) is 0 Å². The molecule has 7 aromatic carbocycles. The number of benzene rings is 7. The van der Waals surface area contributed by atoms with Crippen molar-refractivity contribution >= 4 is 0 Å². The molecule has 1 unspecified atom stereocenters. The molecule has 1 aliphatic heterocycles. The van der Waals surface area contributed by atoms with Crippen LogP contribution in [0.3, 0.4) is 0 Å². The van der Waals surface area contributed by atoms with E-state index < -0.39 is 5.41 Å². The molecule has 11 rings (SSSR count). The first kappa shape index (κ1) is 33.9. The molecule has 2 aromatic heterocycles. The van der Waals surface area contributed by atoms with Gasteiger partial charge in [-0.15, -0.1) is 0 Å². The highest BCUT2D eigenvalue weighted by atomic mass is 16.5. The van der Waals surface area contributed by atoms with Gasteiger partial charge in [-0.25, -0.2) is 9.97 Å². The second-order valence-electron chi connectivity index (χ2n) is 15.3. The quantitative estimate of drug-likeness (QED) is 0.176. The average Bonchev–Trinajstić information content (AvgIpc) is 3.56. The van der Waals surface area contributed by atoms with Crippen molar-refractivity contribution in [2.24, 2.45) is 0 Å². The molecule has 4 heteroatoms. The van der Waals surface area contributed by atoms with Crippen molar-refractivity contribution in [1.29, 1.82) is 0 Å². The van der Waals surface area contributed by atoms with Crippen LogP contribution in [0.4, 0.5) is 0 Å². The minimum atomic E-state index is -0.642. The van der Waals surface area contributed by atoms with E-state index in [0.717, 1.165) is 84.5 Å². The maximum atomic E-state index is 6.80. The van der Waals surface area contributed by atoms with Crippen LogP contribution in [0, 0.1) is 13.8 Å². The van der Waals surface area contributed by atoms with E-state index in [2.05, 4.69) is 181 Å². The van der Waals surface area contributed by atoms with Crippen molar-refractivity contribution in [2.45, 2.75) is 19.3 Å². The zero-order chi connectivity index (χ0) is 38.8. The first-order chi connectivity index (χ1) is 28.5. The molecule has 1 atom stereocenters. The van der Waals surface area contributed by atoms with E-state index in [1.165, 1.54) is 27.8 Å². The maximum absolute atomic E-state index is 6.80. The van der Waals surface area contributed by atoms with Crippen molar-refractivity contribution in [3.8, 4) is 78.5 Å². The Bertz CT molecular complexity index is 3080. The third-order valence-electron chi connectivity index (χ3n) is 11.8. The number of ether oxygens (including phenoxy) is 1. The highest BCUT2D eigenvalue weighted by molar-refractivity contribution is 5.91. The lowest BCUT2D eigenvalue weighted by atomic mass is 9.65. The summed E-state index contributed by atoms with van der Waals surface area (Å²) >= 11 is 0. The van der Waals surface area contributed by atoms with E-state index in [1.54, 1.807) is 0 Å². The zero-order valence-electron chi connectivity index (χ0n) is 32.1. The Morgan fingerprint density at radius 1 is 0.379 bits per heavy atom. The Kier molecular flexibility index (Phi) is 7.80. The summed E-state index contributed by atoms with van der Waals surface area (Å²) in [6.07, 6.45) is 1.88. The van der Waals surface area contributed by atoms with Gasteiger partial charge in [0.15, 0.2) is 0 Å². The number of aromatic nitrogens is 3. The van der Waals surface area contributed by atoms with Gasteiger partial charge in [-0.1, -0.05) is 127 Å². The summed E-state index contributed by atoms with van der Waals surface area (Å²) in [5.41, 5.74) is 18.3. The molecule has 0 saturated carbocycles. The molecular formula is C54H37N3O. The molecule has 0 N–H and O–H groups in total. The molecule has 9 aromatic rings. The SMILES string of the molecule is Cc1cc(-c2cccc(-c3ccc4c(c3)C3(c5ccccc5O4)c4ccccc4-c4ccc(-c5cc(-c6cccc(-c7ccccc7)c6)nc(C)n5)cc43)c2)ccn1. The topological polar surface area (TPSA) is 47.9 Å². The molecule has 0 fully saturated rings. The van der Waals surface area contributed by atoms with Gasteiger partial charge in [0.05, 0.1) is 16.8 Å². The van der Waals surface area contributed by atoms with Gasteiger partial charge in [-0.3, -0.25) is 4.98 Å². The van der Waals surface area contributed by atoms with E-state index in [0.29, 0.717) is 0 Å². The third-order valence-corrected chi connectivity index (χ3v) is 11.8. The Labute approximate surface area is 338 Å². The van der Waals surface area contributed by atoms with E-state index >= 15 is 0 Å². The van der Waals surface area contributed by atoms with Crippen molar-refractivity contribution in [3.05, 3.63) is 222 Å². The van der Waals surface area contributed by atoms with E-state index in [9.17, 15) is 0 Å². The molecule has 274 valence electrons. The fourth-order valence-corrected chi connectivity index (χ4v) is 9.20. The Hall–Kier alpha value is -7.43. The largest absolute Gasteiger partial charge is 0.457 e. The summed E-state index contributed by atoms with van der Waals surface area (Å²) in [5.74, 6) is 2.45. The summed E-state index contributed by atoms with van der Waals surface area (Å²) in [7, 11) is 0. The third kappa shape index (κ3) is 5.41. The lowest BCUT2D eigenvalue weighted by molar-refractivity contribution is 0.436. The summed E-state index contributed by atoms with van der Waals surface area (Å²) in [4.78, 5) is 14.4. The molecule has 0 saturated heterocycles. The van der Waals surface area contributed by atoms with Crippen LogP contribution < -0.4 is 4.74 Å². The van der Waals surface area contributed by atoms with E-state index in [4.69, 9.17) is 14.7 Å². The number of rotatable bonds is 5. The summed E-state index contributed by atoms with van der Waals surface area (Å²) in [6.45, 7) is 4.02. The van der Waals surface area contributed by atoms with Gasteiger partial charge >= 0.3 is 0 Å². The second kappa shape index (κ2) is 13.4. The summed E-state index contributed by atoms with van der Waals surface area (Å²) in [6, 6.07) is 65.2. The molecule has 2 aliphatic rings. The Morgan fingerprint density at radius 2 is 0.931 bits per heavy atom. The number of hydrogen-bond donors (Lipinski definition) is 0. The molecule has 0 amide bonds. The Morgan fingerprint density at radius 3 is 1.72 bits per heavy atom. The predicted molar refractivity (Wildman–Crippen MR) is 234 cm³/mol. The van der Waals surface area contributed by atoms with Gasteiger partial charge in [0.25, 0.3) is 0 Å². The number of hydrogen-bond acceptors (Lipinski definition) is 4. The summed E-state index contributed by atoms with van der Waals surface area (Å²) in [5, 5.41) is 0. The molecule has 0 radical (unpaired) electrons. The van der Waals surface area contributed by atoms with Crippen LogP contribution in [0.2, 0.25) is 0 Å². The standard InChI is InChI=1S/C54H37N3O/c1-34-28-41(26-27-55-34)39-16-10-15-38(29-39)40-23-25-53-49(31-40)54(47-20-8-9-21-52(47)58-53)46-19-7-6-18-44(46)45-24-22-43(32-48(45)54)51-33-50(56-35(2)57-51)42-17-11-14-37(30-42)36-12-4-3-5-13-36/h3-33H,1-2H3. The molecule has 58 heavy (non-hydrogen) atoms. The molecule has 3 heterocycles. The zero-order valence-corrected chi connectivity index (χ0v) is 32.1. The van der Waals surface area contributed by atoms with Gasteiger partial charge in [0.1, 0.15) is 17.3 Å². The average molecular weight is 744 g/mol. The van der Waals surface area contributed by atoms with Crippen molar-refractivity contribution in [3.63, 3.8) is 0 Å². The van der Waals surface area contributed by atoms with Crippen molar-refractivity contribution in [2.75, 3.05) is 0 Å². The van der Waals surface area contributed by atoms with Crippen LogP contribution in [-0.4, -0.2) is 15.0 Å². The minimum Gasteiger partial charge on any atom is -0.457 e. The van der Waals surface area contributed by atoms with Crippen LogP contribution >= 0.6 is 0 Å². The van der Waals surface area contributed by atoms with E-state index in [1.807, 2.05) is 26.1 Å². The number of pyridine rings is 1. The highest BCUT2D eigenvalue weighted by Crippen LogP contribution is 2.62. The molecule has 1 spiro atoms. The molecule has 4 nitrogen and oxygen atoms in total. The van der Waals surface area contributed by atoms with Gasteiger partial charge in [-0.05, 0) is 124 Å². The van der Waals surface area contributed by atoms with Crippen LogP contribution in [0.25, 0.3) is 67.0 Å².